The van der Waals surface area contributed by atoms with E-state index in [1.165, 1.54) is 11.6 Å². The summed E-state index contributed by atoms with van der Waals surface area (Å²) in [6.45, 7) is 2.30. The van der Waals surface area contributed by atoms with Crippen LogP contribution in [0.25, 0.3) is 11.2 Å². The zero-order valence-corrected chi connectivity index (χ0v) is 14.4. The van der Waals surface area contributed by atoms with Crippen molar-refractivity contribution in [1.29, 1.82) is 0 Å². The third-order valence-corrected chi connectivity index (χ3v) is 4.70. The standard InChI is InChI=1S/C16H16N4O4S/c1-9-3-5-10(6-4-9)7-20-12-13(17-16(20)25-8-11(21)22)19(2)15(24)18-14(12)23/h3-6H,7-8H2,1-2H3,(H,21,22)(H,18,23,24)/p-1. The molecule has 0 aliphatic carbocycles. The molecule has 0 bridgehead atoms. The van der Waals surface area contributed by atoms with Crippen molar-refractivity contribution in [3.8, 4) is 0 Å². The van der Waals surface area contributed by atoms with Gasteiger partial charge in [-0.2, -0.15) is 0 Å². The molecule has 0 saturated carbocycles. The quantitative estimate of drug-likeness (QED) is 0.622. The van der Waals surface area contributed by atoms with Crippen molar-refractivity contribution < 1.29 is 9.90 Å². The van der Waals surface area contributed by atoms with Gasteiger partial charge in [0.05, 0.1) is 12.5 Å². The second-order valence-electron chi connectivity index (χ2n) is 5.62. The molecule has 0 saturated heterocycles. The van der Waals surface area contributed by atoms with Crippen LogP contribution in [0.4, 0.5) is 0 Å². The summed E-state index contributed by atoms with van der Waals surface area (Å²) >= 11 is 0.948. The number of aromatic nitrogens is 4. The Balaban J connectivity index is 2.18. The molecule has 130 valence electrons. The first-order valence-electron chi connectivity index (χ1n) is 7.44. The van der Waals surface area contributed by atoms with E-state index in [0.717, 1.165) is 22.9 Å². The number of nitrogens with one attached hydrogen (secondary N) is 1. The summed E-state index contributed by atoms with van der Waals surface area (Å²) in [6, 6.07) is 7.74. The topological polar surface area (TPSA) is 113 Å². The molecule has 2 aromatic heterocycles. The number of imidazole rings is 1. The van der Waals surface area contributed by atoms with Gasteiger partial charge in [-0.25, -0.2) is 9.78 Å². The maximum atomic E-state index is 12.3. The van der Waals surface area contributed by atoms with E-state index in [4.69, 9.17) is 0 Å². The molecule has 0 amide bonds. The number of H-pyrrole nitrogens is 1. The number of carbonyl (C=O) groups is 1. The van der Waals surface area contributed by atoms with E-state index < -0.39 is 17.2 Å². The average molecular weight is 359 g/mol. The Morgan fingerprint density at radius 3 is 2.60 bits per heavy atom. The lowest BCUT2D eigenvalue weighted by Gasteiger charge is -2.09. The summed E-state index contributed by atoms with van der Waals surface area (Å²) in [7, 11) is 1.50. The minimum absolute atomic E-state index is 0.210. The van der Waals surface area contributed by atoms with Gasteiger partial charge in [0, 0.05) is 12.8 Å². The highest BCUT2D eigenvalue weighted by molar-refractivity contribution is 7.99. The fourth-order valence-corrected chi connectivity index (χ4v) is 3.18. The number of fused-ring (bicyclic) bond motifs is 1. The minimum atomic E-state index is -1.23. The Hall–Kier alpha value is -2.81. The molecule has 1 N–H and O–H groups in total. The predicted molar refractivity (Wildman–Crippen MR) is 91.6 cm³/mol. The van der Waals surface area contributed by atoms with Crippen molar-refractivity contribution in [1.82, 2.24) is 19.1 Å². The van der Waals surface area contributed by atoms with E-state index in [0.29, 0.717) is 11.7 Å². The zero-order chi connectivity index (χ0) is 18.1. The third-order valence-electron chi connectivity index (χ3n) is 3.75. The summed E-state index contributed by atoms with van der Waals surface area (Å²) in [5.41, 5.74) is 1.33. The van der Waals surface area contributed by atoms with E-state index in [-0.39, 0.29) is 16.9 Å². The lowest BCUT2D eigenvalue weighted by Crippen LogP contribution is -2.29. The lowest BCUT2D eigenvalue weighted by atomic mass is 10.1. The number of carbonyl (C=O) groups excluding carboxylic acids is 1. The molecule has 3 aromatic rings. The van der Waals surface area contributed by atoms with Gasteiger partial charge in [0.15, 0.2) is 16.3 Å². The van der Waals surface area contributed by atoms with Crippen LogP contribution < -0.4 is 16.4 Å². The normalized spacial score (nSPS) is 11.1. The molecule has 25 heavy (non-hydrogen) atoms. The first kappa shape index (κ1) is 17.0. The second-order valence-corrected chi connectivity index (χ2v) is 6.56. The van der Waals surface area contributed by atoms with Gasteiger partial charge in [0.2, 0.25) is 0 Å². The highest BCUT2D eigenvalue weighted by Gasteiger charge is 2.18. The number of carboxylic acids is 1. The molecular formula is C16H15N4O4S-. The van der Waals surface area contributed by atoms with Crippen molar-refractivity contribution in [2.75, 3.05) is 5.75 Å². The van der Waals surface area contributed by atoms with Crippen molar-refractivity contribution in [2.24, 2.45) is 7.05 Å². The maximum absolute atomic E-state index is 12.3. The van der Waals surface area contributed by atoms with Crippen LogP contribution in [0.2, 0.25) is 0 Å². The van der Waals surface area contributed by atoms with E-state index >= 15 is 0 Å². The van der Waals surface area contributed by atoms with Gasteiger partial charge in [-0.1, -0.05) is 41.6 Å². The number of rotatable bonds is 5. The molecule has 2 heterocycles. The summed E-state index contributed by atoms with van der Waals surface area (Å²) in [4.78, 5) is 41.4. The fraction of sp³-hybridized carbons (Fsp3) is 0.250. The Kier molecular flexibility index (Phi) is 4.49. The van der Waals surface area contributed by atoms with Crippen molar-refractivity contribution >= 4 is 28.9 Å². The van der Waals surface area contributed by atoms with Crippen LogP contribution in [-0.4, -0.2) is 30.8 Å². The minimum Gasteiger partial charge on any atom is -0.549 e. The Morgan fingerprint density at radius 2 is 1.96 bits per heavy atom. The predicted octanol–water partition coefficient (Wildman–Crippen LogP) is -0.378. The summed E-state index contributed by atoms with van der Waals surface area (Å²) in [5, 5.41) is 11.1. The third kappa shape index (κ3) is 3.36. The number of benzene rings is 1. The number of nitrogens with zero attached hydrogens (tertiary/aromatic N) is 3. The summed E-state index contributed by atoms with van der Waals surface area (Å²) in [5.74, 6) is -1.54. The molecular weight excluding hydrogens is 344 g/mol. The van der Waals surface area contributed by atoms with E-state index in [2.05, 4.69) is 9.97 Å². The maximum Gasteiger partial charge on any atom is 0.329 e. The fourth-order valence-electron chi connectivity index (χ4n) is 2.47. The number of thioether (sulfide) groups is 1. The number of aryl methyl sites for hydroxylation is 2. The Labute approximate surface area is 146 Å². The van der Waals surface area contributed by atoms with Crippen molar-refractivity contribution in [3.63, 3.8) is 0 Å². The largest absolute Gasteiger partial charge is 0.549 e. The van der Waals surface area contributed by atoms with Crippen molar-refractivity contribution in [2.45, 2.75) is 18.6 Å². The van der Waals surface area contributed by atoms with E-state index in [1.54, 1.807) is 4.57 Å². The van der Waals surface area contributed by atoms with E-state index in [1.807, 2.05) is 31.2 Å². The van der Waals surface area contributed by atoms with Crippen LogP contribution in [0.15, 0.2) is 39.0 Å². The number of aromatic amines is 1. The average Bonchev–Trinajstić information content (AvgIpc) is 2.92. The molecule has 0 spiro atoms. The molecule has 3 rings (SSSR count). The van der Waals surface area contributed by atoms with Gasteiger partial charge in [-0.05, 0) is 12.5 Å². The molecule has 0 aliphatic rings. The van der Waals surface area contributed by atoms with Gasteiger partial charge >= 0.3 is 5.69 Å². The smallest absolute Gasteiger partial charge is 0.329 e. The Morgan fingerprint density at radius 1 is 1.28 bits per heavy atom. The van der Waals surface area contributed by atoms with Crippen LogP contribution >= 0.6 is 11.8 Å². The van der Waals surface area contributed by atoms with Crippen molar-refractivity contribution in [3.05, 3.63) is 56.2 Å². The van der Waals surface area contributed by atoms with Gasteiger partial charge in [-0.15, -0.1) is 0 Å². The van der Waals surface area contributed by atoms with Gasteiger partial charge in [0.1, 0.15) is 0 Å². The van der Waals surface area contributed by atoms with Crippen LogP contribution in [0, 0.1) is 6.92 Å². The van der Waals surface area contributed by atoms with Crippen LogP contribution in [0.5, 0.6) is 0 Å². The highest BCUT2D eigenvalue weighted by atomic mass is 32.2. The van der Waals surface area contributed by atoms with Crippen LogP contribution in [-0.2, 0) is 18.4 Å². The number of aliphatic carboxylic acids is 1. The van der Waals surface area contributed by atoms with E-state index in [9.17, 15) is 19.5 Å². The van der Waals surface area contributed by atoms with Gasteiger partial charge < -0.3 is 14.5 Å². The summed E-state index contributed by atoms with van der Waals surface area (Å²) in [6.07, 6.45) is 0. The lowest BCUT2D eigenvalue weighted by molar-refractivity contribution is -0.301. The number of hydrogen-bond acceptors (Lipinski definition) is 6. The molecule has 0 aliphatic heterocycles. The molecule has 8 nitrogen and oxygen atoms in total. The first-order valence-corrected chi connectivity index (χ1v) is 8.43. The second kappa shape index (κ2) is 6.60. The van der Waals surface area contributed by atoms with Crippen LogP contribution in [0.1, 0.15) is 11.1 Å². The molecule has 0 radical (unpaired) electrons. The van der Waals surface area contributed by atoms with Gasteiger partial charge in [-0.3, -0.25) is 14.3 Å². The number of carboxylic acid groups (broad SMARTS) is 1. The first-order chi connectivity index (χ1) is 11.9. The molecule has 0 unspecified atom stereocenters. The Bertz CT molecular complexity index is 1060. The molecule has 9 heteroatoms. The monoisotopic (exact) mass is 359 g/mol. The summed E-state index contributed by atoms with van der Waals surface area (Å²) < 4.78 is 2.84. The molecule has 0 fully saturated rings. The number of hydrogen-bond donors (Lipinski definition) is 1. The SMILES string of the molecule is Cc1ccc(Cn2c(SCC(=O)[O-])nc3c2c(=O)[nH]c(=O)n3C)cc1. The molecule has 1 aromatic carbocycles. The zero-order valence-electron chi connectivity index (χ0n) is 13.6. The highest BCUT2D eigenvalue weighted by Crippen LogP contribution is 2.22. The molecule has 0 atom stereocenters. The van der Waals surface area contributed by atoms with Gasteiger partial charge in [0.25, 0.3) is 5.56 Å². The van der Waals surface area contributed by atoms with Crippen LogP contribution in [0.3, 0.4) is 0 Å².